The first-order valence-corrected chi connectivity index (χ1v) is 19.1. The van der Waals surface area contributed by atoms with E-state index in [1.54, 1.807) is 0 Å². The number of benzene rings is 3. The summed E-state index contributed by atoms with van der Waals surface area (Å²) in [6.45, 7) is 25.4. The number of carbonyl (C=O) groups is 1. The second kappa shape index (κ2) is 16.3. The van der Waals surface area contributed by atoms with Crippen LogP contribution in [0.3, 0.4) is 0 Å². The molecule has 1 N–H and O–H groups in total. The fourth-order valence-corrected chi connectivity index (χ4v) is 6.92. The quantitative estimate of drug-likeness (QED) is 0.0842. The molecule has 3 aromatic carbocycles. The molecule has 3 aromatic heterocycles. The Balaban J connectivity index is 0.000000299. The number of aliphatic hydroxyl groups is 1. The number of pyridine rings is 1. The summed E-state index contributed by atoms with van der Waals surface area (Å²) >= 11 is 0. The van der Waals surface area contributed by atoms with E-state index in [-0.39, 0.29) is 47.9 Å². The van der Waals surface area contributed by atoms with Gasteiger partial charge in [-0.1, -0.05) is 105 Å². The Bertz CT molecular complexity index is 2250. The minimum absolute atomic E-state index is 0. The van der Waals surface area contributed by atoms with Crippen LogP contribution in [-0.4, -0.2) is 15.9 Å². The van der Waals surface area contributed by atoms with Crippen LogP contribution in [0.1, 0.15) is 119 Å². The third-order valence-corrected chi connectivity index (χ3v) is 11.6. The number of hydrogen-bond acceptors (Lipinski definition) is 5. The standard InChI is InChI=1S/C32H30NO2.C15H28O2.Ir/c1-18(2)13-27-19(3)23-16-29-24(17-28(23)35-27)30-26(34-29)11-12-33-31(30)21-14-20-9-7-8-10-22(20)25(15-21)32(4,5)6;1-7-14(5,8-2)12(16)11-13(17)15(6,9-3)10-4;/h7-12,15-18H,13H2,1-6H3;11,16H,7-10H2,1-6H3;/q-1;;/b;12-11-;. The number of aliphatic hydroxyl groups excluding tert-OH is 1. The van der Waals surface area contributed by atoms with Crippen molar-refractivity contribution in [3.8, 4) is 11.3 Å². The zero-order valence-electron chi connectivity index (χ0n) is 33.8. The Hall–Kier alpha value is -3.73. The maximum absolute atomic E-state index is 12.2. The van der Waals surface area contributed by atoms with Gasteiger partial charge in [0.1, 0.15) is 28.3 Å². The van der Waals surface area contributed by atoms with E-state index in [4.69, 9.17) is 13.8 Å². The van der Waals surface area contributed by atoms with Crippen LogP contribution in [0.15, 0.2) is 75.4 Å². The molecule has 3 heterocycles. The van der Waals surface area contributed by atoms with Crippen molar-refractivity contribution in [1.82, 2.24) is 4.98 Å². The summed E-state index contributed by atoms with van der Waals surface area (Å²) in [6.07, 6.45) is 7.51. The molecular weight excluding hydrogens is 835 g/mol. The molecule has 6 aromatic rings. The molecule has 0 atom stereocenters. The molecule has 0 spiro atoms. The smallest absolute Gasteiger partial charge is 0.164 e. The Morgan fingerprint density at radius 1 is 0.830 bits per heavy atom. The zero-order chi connectivity index (χ0) is 38.2. The molecule has 1 radical (unpaired) electrons. The van der Waals surface area contributed by atoms with Crippen molar-refractivity contribution in [2.24, 2.45) is 16.7 Å². The van der Waals surface area contributed by atoms with Crippen LogP contribution in [0.2, 0.25) is 0 Å². The maximum atomic E-state index is 12.2. The predicted molar refractivity (Wildman–Crippen MR) is 218 cm³/mol. The van der Waals surface area contributed by atoms with Gasteiger partial charge in [-0.3, -0.25) is 9.78 Å². The number of nitrogens with zero attached hydrogens (tertiary/aromatic N) is 1. The molecular formula is C47H58IrNO4-. The van der Waals surface area contributed by atoms with Crippen LogP contribution in [0, 0.1) is 29.7 Å². The second-order valence-electron chi connectivity index (χ2n) is 16.5. The van der Waals surface area contributed by atoms with E-state index < -0.39 is 0 Å². The molecule has 0 amide bonds. The van der Waals surface area contributed by atoms with E-state index in [0.717, 1.165) is 87.4 Å². The van der Waals surface area contributed by atoms with E-state index in [9.17, 15) is 9.90 Å². The largest absolute Gasteiger partial charge is 0.512 e. The number of carbonyl (C=O) groups excluding carboxylic acids is 1. The summed E-state index contributed by atoms with van der Waals surface area (Å²) in [6, 6.07) is 20.6. The van der Waals surface area contributed by atoms with Gasteiger partial charge in [0.15, 0.2) is 5.78 Å². The van der Waals surface area contributed by atoms with Gasteiger partial charge in [0.2, 0.25) is 0 Å². The van der Waals surface area contributed by atoms with Crippen molar-refractivity contribution >= 4 is 49.5 Å². The van der Waals surface area contributed by atoms with E-state index in [2.05, 4.69) is 90.1 Å². The fourth-order valence-electron chi connectivity index (χ4n) is 6.92. The third-order valence-electron chi connectivity index (χ3n) is 11.6. The van der Waals surface area contributed by atoms with Crippen LogP contribution in [-0.2, 0) is 36.7 Å². The SMILES string of the molecule is CCC(C)(CC)C(=O)/C=C(\O)C(C)(CC)CC.Cc1c(CC(C)C)oc2cc3c(cc12)oc1ccnc(-c2[c-]c4ccccc4c(C(C)(C)C)c2)c13.[Ir]. The van der Waals surface area contributed by atoms with Crippen molar-refractivity contribution in [3.63, 3.8) is 0 Å². The van der Waals surface area contributed by atoms with Crippen LogP contribution in [0.5, 0.6) is 0 Å². The molecule has 0 fully saturated rings. The van der Waals surface area contributed by atoms with Crippen LogP contribution in [0.25, 0.3) is 54.9 Å². The molecule has 0 aliphatic rings. The Morgan fingerprint density at radius 3 is 2.04 bits per heavy atom. The number of fused-ring (bicyclic) bond motifs is 5. The fraction of sp³-hybridized carbons (Fsp3) is 0.447. The summed E-state index contributed by atoms with van der Waals surface area (Å²) < 4.78 is 12.7. The second-order valence-corrected chi connectivity index (χ2v) is 16.5. The first-order valence-electron chi connectivity index (χ1n) is 19.1. The number of aryl methyl sites for hydroxylation is 1. The van der Waals surface area contributed by atoms with Gasteiger partial charge < -0.3 is 13.9 Å². The molecule has 6 heteroatoms. The summed E-state index contributed by atoms with van der Waals surface area (Å²) in [4.78, 5) is 17.0. The van der Waals surface area contributed by atoms with Gasteiger partial charge in [0.25, 0.3) is 0 Å². The van der Waals surface area contributed by atoms with Crippen molar-refractivity contribution in [1.29, 1.82) is 0 Å². The number of furan rings is 2. The molecule has 6 rings (SSSR count). The Morgan fingerprint density at radius 2 is 1.43 bits per heavy atom. The molecule has 0 aliphatic carbocycles. The minimum atomic E-state index is -0.337. The zero-order valence-corrected chi connectivity index (χ0v) is 36.2. The maximum Gasteiger partial charge on any atom is 0.164 e. The first kappa shape index (κ1) is 42.0. The molecule has 0 aliphatic heterocycles. The molecule has 5 nitrogen and oxygen atoms in total. The number of hydrogen-bond donors (Lipinski definition) is 1. The Kier molecular flexibility index (Phi) is 12.9. The number of allylic oxidation sites excluding steroid dienone is 2. The monoisotopic (exact) mass is 893 g/mol. The van der Waals surface area contributed by atoms with Gasteiger partial charge in [-0.2, -0.15) is 0 Å². The van der Waals surface area contributed by atoms with E-state index in [0.29, 0.717) is 5.92 Å². The van der Waals surface area contributed by atoms with Crippen molar-refractivity contribution < 1.29 is 38.8 Å². The minimum Gasteiger partial charge on any atom is -0.512 e. The normalized spacial score (nSPS) is 12.8. The molecule has 0 unspecified atom stereocenters. The van der Waals surface area contributed by atoms with Gasteiger partial charge >= 0.3 is 0 Å². The van der Waals surface area contributed by atoms with E-state index >= 15 is 0 Å². The summed E-state index contributed by atoms with van der Waals surface area (Å²) in [5.74, 6) is 1.88. The molecule has 53 heavy (non-hydrogen) atoms. The first-order chi connectivity index (χ1) is 24.5. The van der Waals surface area contributed by atoms with Crippen molar-refractivity contribution in [2.75, 3.05) is 0 Å². The number of rotatable bonds is 10. The van der Waals surface area contributed by atoms with Gasteiger partial charge in [-0.25, -0.2) is 0 Å². The van der Waals surface area contributed by atoms with E-state index in [1.165, 1.54) is 22.6 Å². The average molecular weight is 893 g/mol. The molecule has 0 saturated carbocycles. The average Bonchev–Trinajstić information content (AvgIpc) is 3.64. The van der Waals surface area contributed by atoms with Gasteiger partial charge in [0, 0.05) is 71.5 Å². The molecule has 0 bridgehead atoms. The van der Waals surface area contributed by atoms with Gasteiger partial charge in [-0.15, -0.1) is 29.1 Å². The van der Waals surface area contributed by atoms with Crippen molar-refractivity contribution in [3.05, 3.63) is 89.5 Å². The summed E-state index contributed by atoms with van der Waals surface area (Å²) in [7, 11) is 0. The number of aromatic nitrogens is 1. The van der Waals surface area contributed by atoms with Gasteiger partial charge in [0.05, 0.1) is 0 Å². The van der Waals surface area contributed by atoms with Gasteiger partial charge in [-0.05, 0) is 67.7 Å². The van der Waals surface area contributed by atoms with E-state index in [1.807, 2.05) is 53.8 Å². The molecule has 0 saturated heterocycles. The third kappa shape index (κ3) is 8.35. The topological polar surface area (TPSA) is 76.5 Å². The molecule has 285 valence electrons. The van der Waals surface area contributed by atoms with Crippen molar-refractivity contribution in [2.45, 2.75) is 121 Å². The van der Waals surface area contributed by atoms with Crippen LogP contribution >= 0.6 is 0 Å². The summed E-state index contributed by atoms with van der Waals surface area (Å²) in [5.41, 5.74) is 6.34. The van der Waals surface area contributed by atoms with Crippen LogP contribution in [0.4, 0.5) is 0 Å². The summed E-state index contributed by atoms with van der Waals surface area (Å²) in [5, 5.41) is 15.6. The number of ketones is 1. The predicted octanol–water partition coefficient (Wildman–Crippen LogP) is 13.8. The van der Waals surface area contributed by atoms with Crippen LogP contribution < -0.4 is 0 Å². The Labute approximate surface area is 330 Å².